The van der Waals surface area contributed by atoms with Crippen molar-refractivity contribution in [1.29, 1.82) is 0 Å². The summed E-state index contributed by atoms with van der Waals surface area (Å²) in [5, 5.41) is 8.78. The molecule has 3 heteroatoms. The minimum Gasteiger partial charge on any atom is -0.481 e. The van der Waals surface area contributed by atoms with Gasteiger partial charge in [-0.05, 0) is 34.2 Å². The van der Waals surface area contributed by atoms with Crippen LogP contribution in [-0.4, -0.2) is 34.6 Å². The molecule has 0 heterocycles. The predicted octanol–water partition coefficient (Wildman–Crippen LogP) is 1.97. The van der Waals surface area contributed by atoms with Gasteiger partial charge in [-0.15, -0.1) is 0 Å². The highest BCUT2D eigenvalue weighted by Crippen LogP contribution is 2.23. The molecule has 0 aromatic heterocycles. The second kappa shape index (κ2) is 4.61. The molecule has 1 unspecified atom stereocenters. The Labute approximate surface area is 80.7 Å². The van der Waals surface area contributed by atoms with Gasteiger partial charge in [-0.2, -0.15) is 0 Å². The van der Waals surface area contributed by atoms with Crippen LogP contribution in [0.2, 0.25) is 0 Å². The van der Waals surface area contributed by atoms with Gasteiger partial charge in [0.1, 0.15) is 0 Å². The van der Waals surface area contributed by atoms with Crippen LogP contribution in [0.3, 0.4) is 0 Å². The second-order valence-electron chi connectivity index (χ2n) is 4.13. The molecule has 0 rings (SSSR count). The Morgan fingerprint density at radius 1 is 1.54 bits per heavy atom. The SMILES string of the molecule is CCC(C)(CC(=O)O)N(C)C(C)C. The normalized spacial score (nSPS) is 16.2. The Bertz CT molecular complexity index is 180. The maximum absolute atomic E-state index is 10.7. The molecule has 0 bridgehead atoms. The zero-order chi connectivity index (χ0) is 10.6. The summed E-state index contributed by atoms with van der Waals surface area (Å²) in [4.78, 5) is 12.8. The summed E-state index contributed by atoms with van der Waals surface area (Å²) in [5.41, 5.74) is -0.222. The molecule has 0 aliphatic rings. The number of hydrogen-bond donors (Lipinski definition) is 1. The van der Waals surface area contributed by atoms with Crippen molar-refractivity contribution in [2.24, 2.45) is 0 Å². The maximum atomic E-state index is 10.7. The van der Waals surface area contributed by atoms with Gasteiger partial charge in [0.25, 0.3) is 0 Å². The number of carboxylic acid groups (broad SMARTS) is 1. The van der Waals surface area contributed by atoms with Crippen LogP contribution in [-0.2, 0) is 4.79 Å². The Hall–Kier alpha value is -0.570. The highest BCUT2D eigenvalue weighted by Gasteiger charge is 2.31. The molecule has 0 amide bonds. The second-order valence-corrected chi connectivity index (χ2v) is 4.13. The van der Waals surface area contributed by atoms with E-state index in [9.17, 15) is 4.79 Å². The Balaban J connectivity index is 4.51. The first-order chi connectivity index (χ1) is 5.83. The number of rotatable bonds is 5. The van der Waals surface area contributed by atoms with Crippen LogP contribution >= 0.6 is 0 Å². The quantitative estimate of drug-likeness (QED) is 0.715. The molecule has 0 aromatic rings. The van der Waals surface area contributed by atoms with Gasteiger partial charge in [-0.25, -0.2) is 0 Å². The molecule has 0 aliphatic carbocycles. The average Bonchev–Trinajstić information content (AvgIpc) is 2.01. The van der Waals surface area contributed by atoms with Crippen molar-refractivity contribution in [2.45, 2.75) is 52.1 Å². The van der Waals surface area contributed by atoms with E-state index in [2.05, 4.69) is 18.7 Å². The van der Waals surface area contributed by atoms with Crippen molar-refractivity contribution in [3.63, 3.8) is 0 Å². The van der Waals surface area contributed by atoms with E-state index < -0.39 is 5.97 Å². The number of nitrogens with zero attached hydrogens (tertiary/aromatic N) is 1. The smallest absolute Gasteiger partial charge is 0.305 e. The van der Waals surface area contributed by atoms with E-state index in [4.69, 9.17) is 5.11 Å². The minimum absolute atomic E-state index is 0.207. The van der Waals surface area contributed by atoms with Crippen molar-refractivity contribution >= 4 is 5.97 Å². The summed E-state index contributed by atoms with van der Waals surface area (Å²) in [6.07, 6.45) is 1.06. The largest absolute Gasteiger partial charge is 0.481 e. The first-order valence-corrected chi connectivity index (χ1v) is 4.78. The van der Waals surface area contributed by atoms with Crippen molar-refractivity contribution in [1.82, 2.24) is 4.90 Å². The fourth-order valence-corrected chi connectivity index (χ4v) is 1.45. The highest BCUT2D eigenvalue weighted by molar-refractivity contribution is 5.68. The number of hydrogen-bond acceptors (Lipinski definition) is 2. The monoisotopic (exact) mass is 187 g/mol. The van der Waals surface area contributed by atoms with Gasteiger partial charge in [0.15, 0.2) is 0 Å². The van der Waals surface area contributed by atoms with Crippen LogP contribution in [0.5, 0.6) is 0 Å². The summed E-state index contributed by atoms with van der Waals surface area (Å²) >= 11 is 0. The molecule has 3 nitrogen and oxygen atoms in total. The lowest BCUT2D eigenvalue weighted by Crippen LogP contribution is -2.48. The summed E-state index contributed by atoms with van der Waals surface area (Å²) in [6, 6.07) is 0.379. The van der Waals surface area contributed by atoms with E-state index in [1.165, 1.54) is 0 Å². The first kappa shape index (κ1) is 12.4. The molecule has 1 atom stereocenters. The molecule has 0 spiro atoms. The van der Waals surface area contributed by atoms with Crippen LogP contribution in [0.25, 0.3) is 0 Å². The van der Waals surface area contributed by atoms with Gasteiger partial charge in [0.05, 0.1) is 6.42 Å². The molecule has 1 N–H and O–H groups in total. The molecule has 0 saturated carbocycles. The number of carboxylic acids is 1. The van der Waals surface area contributed by atoms with Gasteiger partial charge in [0, 0.05) is 11.6 Å². The minimum atomic E-state index is -0.725. The van der Waals surface area contributed by atoms with Crippen LogP contribution in [0.1, 0.15) is 40.5 Å². The van der Waals surface area contributed by atoms with Crippen molar-refractivity contribution in [3.8, 4) is 0 Å². The van der Waals surface area contributed by atoms with E-state index in [1.807, 2.05) is 20.9 Å². The van der Waals surface area contributed by atoms with Crippen LogP contribution in [0.15, 0.2) is 0 Å². The zero-order valence-electron chi connectivity index (χ0n) is 9.29. The van der Waals surface area contributed by atoms with Gasteiger partial charge in [-0.3, -0.25) is 9.69 Å². The van der Waals surface area contributed by atoms with Gasteiger partial charge in [0.2, 0.25) is 0 Å². The molecule has 0 aromatic carbocycles. The third kappa shape index (κ3) is 3.35. The lowest BCUT2D eigenvalue weighted by molar-refractivity contribution is -0.140. The third-order valence-corrected chi connectivity index (χ3v) is 2.92. The molecule has 78 valence electrons. The number of carbonyl (C=O) groups is 1. The standard InChI is InChI=1S/C10H21NO2/c1-6-10(4,7-9(12)13)11(5)8(2)3/h8H,6-7H2,1-5H3,(H,12,13). The van der Waals surface area contributed by atoms with Gasteiger partial charge < -0.3 is 5.11 Å². The molecule has 0 fully saturated rings. The Morgan fingerprint density at radius 3 is 2.23 bits per heavy atom. The Morgan fingerprint density at radius 2 is 2.00 bits per heavy atom. The molecule has 0 aliphatic heterocycles. The number of aliphatic carboxylic acids is 1. The summed E-state index contributed by atoms with van der Waals surface area (Å²) in [5.74, 6) is -0.725. The summed E-state index contributed by atoms with van der Waals surface area (Å²) < 4.78 is 0. The van der Waals surface area contributed by atoms with E-state index in [-0.39, 0.29) is 12.0 Å². The van der Waals surface area contributed by atoms with E-state index in [1.54, 1.807) is 0 Å². The molecular weight excluding hydrogens is 166 g/mol. The van der Waals surface area contributed by atoms with Crippen molar-refractivity contribution < 1.29 is 9.90 Å². The lowest BCUT2D eigenvalue weighted by Gasteiger charge is -2.40. The van der Waals surface area contributed by atoms with E-state index >= 15 is 0 Å². The molecule has 0 radical (unpaired) electrons. The van der Waals surface area contributed by atoms with Gasteiger partial charge >= 0.3 is 5.97 Å². The fourth-order valence-electron chi connectivity index (χ4n) is 1.45. The maximum Gasteiger partial charge on any atom is 0.305 e. The summed E-state index contributed by atoms with van der Waals surface area (Å²) in [6.45, 7) is 8.19. The van der Waals surface area contributed by atoms with Crippen LogP contribution < -0.4 is 0 Å². The van der Waals surface area contributed by atoms with E-state index in [0.29, 0.717) is 6.04 Å². The van der Waals surface area contributed by atoms with Crippen molar-refractivity contribution in [2.75, 3.05) is 7.05 Å². The van der Waals surface area contributed by atoms with E-state index in [0.717, 1.165) is 6.42 Å². The van der Waals surface area contributed by atoms with Crippen LogP contribution in [0, 0.1) is 0 Å². The average molecular weight is 187 g/mol. The third-order valence-electron chi connectivity index (χ3n) is 2.92. The molecular formula is C10H21NO2. The fraction of sp³-hybridized carbons (Fsp3) is 0.900. The van der Waals surface area contributed by atoms with Crippen LogP contribution in [0.4, 0.5) is 0 Å². The molecule has 0 saturated heterocycles. The van der Waals surface area contributed by atoms with Gasteiger partial charge in [-0.1, -0.05) is 6.92 Å². The predicted molar refractivity (Wildman–Crippen MR) is 53.8 cm³/mol. The molecule has 13 heavy (non-hydrogen) atoms. The zero-order valence-corrected chi connectivity index (χ0v) is 9.29. The topological polar surface area (TPSA) is 40.5 Å². The highest BCUT2D eigenvalue weighted by atomic mass is 16.4. The lowest BCUT2D eigenvalue weighted by atomic mass is 9.91. The Kier molecular flexibility index (Phi) is 4.40. The summed E-state index contributed by atoms with van der Waals surface area (Å²) in [7, 11) is 1.98. The van der Waals surface area contributed by atoms with Crippen molar-refractivity contribution in [3.05, 3.63) is 0 Å². The first-order valence-electron chi connectivity index (χ1n) is 4.78.